The Morgan fingerprint density at radius 1 is 1.14 bits per heavy atom. The molecule has 5 rings (SSSR count). The fourth-order valence-corrected chi connectivity index (χ4v) is 5.24. The summed E-state index contributed by atoms with van der Waals surface area (Å²) in [6.07, 6.45) is 4.89. The molecule has 0 saturated carbocycles. The van der Waals surface area contributed by atoms with Crippen LogP contribution in [0.2, 0.25) is 0 Å². The molecule has 0 bridgehead atoms. The van der Waals surface area contributed by atoms with E-state index in [2.05, 4.69) is 15.5 Å². The van der Waals surface area contributed by atoms with Gasteiger partial charge in [-0.15, -0.1) is 0 Å². The van der Waals surface area contributed by atoms with E-state index < -0.39 is 0 Å². The van der Waals surface area contributed by atoms with Crippen LogP contribution in [0.25, 0.3) is 11.5 Å². The lowest BCUT2D eigenvalue weighted by molar-refractivity contribution is -0.133. The molecule has 4 heterocycles. The number of rotatable bonds is 7. The van der Waals surface area contributed by atoms with Crippen LogP contribution >= 0.6 is 0 Å². The molecular formula is C27H32N4O4. The molecule has 8 nitrogen and oxygen atoms in total. The van der Waals surface area contributed by atoms with E-state index in [1.54, 1.807) is 20.4 Å². The topological polar surface area (TPSA) is 89.7 Å². The Morgan fingerprint density at radius 2 is 1.97 bits per heavy atom. The minimum atomic E-state index is 0.219. The van der Waals surface area contributed by atoms with Crippen LogP contribution in [0.5, 0.6) is 11.5 Å². The average molecular weight is 477 g/mol. The molecule has 0 aliphatic carbocycles. The van der Waals surface area contributed by atoms with Gasteiger partial charge in [0.1, 0.15) is 5.69 Å². The van der Waals surface area contributed by atoms with Gasteiger partial charge in [0.2, 0.25) is 5.91 Å². The van der Waals surface area contributed by atoms with Crippen molar-refractivity contribution in [2.45, 2.75) is 32.2 Å². The molecule has 2 atom stereocenters. The predicted molar refractivity (Wildman–Crippen MR) is 131 cm³/mol. The highest BCUT2D eigenvalue weighted by molar-refractivity contribution is 5.77. The number of benzene rings is 1. The van der Waals surface area contributed by atoms with Crippen LogP contribution in [0.4, 0.5) is 0 Å². The lowest BCUT2D eigenvalue weighted by atomic mass is 9.80. The molecule has 1 N–H and O–H groups in total. The quantitative estimate of drug-likeness (QED) is 0.558. The molecule has 2 aliphatic heterocycles. The molecule has 1 amide bonds. The third-order valence-electron chi connectivity index (χ3n) is 7.22. The van der Waals surface area contributed by atoms with E-state index in [0.29, 0.717) is 36.3 Å². The van der Waals surface area contributed by atoms with Crippen molar-refractivity contribution in [3.8, 4) is 23.0 Å². The molecule has 1 fully saturated rings. The van der Waals surface area contributed by atoms with Crippen LogP contribution in [0, 0.1) is 11.8 Å². The van der Waals surface area contributed by atoms with Crippen LogP contribution in [-0.2, 0) is 24.2 Å². The minimum absolute atomic E-state index is 0.219. The first-order valence-electron chi connectivity index (χ1n) is 12.2. The Kier molecular flexibility index (Phi) is 6.99. The Hall–Kier alpha value is -3.39. The highest BCUT2D eigenvalue weighted by atomic mass is 16.5. The SMILES string of the molecule is COc1cc2c(cc1OC)CN(C(=O)C[C@@H]1CCNC[C@@H]1Cc1cc(-c3ccccn3)on1)CC2. The number of ether oxygens (including phenoxy) is 2. The van der Waals surface area contributed by atoms with Crippen LogP contribution in [0.15, 0.2) is 47.1 Å². The third-order valence-corrected chi connectivity index (χ3v) is 7.22. The number of amides is 1. The summed E-state index contributed by atoms with van der Waals surface area (Å²) in [7, 11) is 3.29. The number of hydrogen-bond acceptors (Lipinski definition) is 7. The summed E-state index contributed by atoms with van der Waals surface area (Å²) >= 11 is 0. The van der Waals surface area contributed by atoms with Gasteiger partial charge >= 0.3 is 0 Å². The van der Waals surface area contributed by atoms with E-state index in [0.717, 1.165) is 61.6 Å². The van der Waals surface area contributed by atoms with Gasteiger partial charge in [0.05, 0.1) is 19.9 Å². The molecule has 8 heteroatoms. The van der Waals surface area contributed by atoms with E-state index in [1.165, 1.54) is 5.56 Å². The van der Waals surface area contributed by atoms with Crippen molar-refractivity contribution in [1.29, 1.82) is 0 Å². The normalized spacial score (nSPS) is 19.8. The second kappa shape index (κ2) is 10.5. The standard InChI is InChI=1S/C27H32N4O4/c1-33-25-12-19-7-10-31(17-21(19)13-26(25)34-2)27(32)14-18-6-9-28-16-20(18)11-22-15-24(35-30-22)23-5-3-4-8-29-23/h3-5,8,12-13,15,18,20,28H,6-7,9-11,14,16-17H2,1-2H3/t18-,20-/m0/s1. The van der Waals surface area contributed by atoms with Crippen molar-refractivity contribution < 1.29 is 18.8 Å². The van der Waals surface area contributed by atoms with E-state index in [1.807, 2.05) is 41.3 Å². The zero-order valence-corrected chi connectivity index (χ0v) is 20.3. The summed E-state index contributed by atoms with van der Waals surface area (Å²) < 4.78 is 16.4. The molecule has 2 aromatic heterocycles. The maximum absolute atomic E-state index is 13.3. The first kappa shape index (κ1) is 23.4. The van der Waals surface area contributed by atoms with Gasteiger partial charge in [0.25, 0.3) is 0 Å². The zero-order chi connectivity index (χ0) is 24.2. The number of aromatic nitrogens is 2. The van der Waals surface area contributed by atoms with Crippen LogP contribution in [0.1, 0.15) is 29.7 Å². The first-order chi connectivity index (χ1) is 17.1. The molecule has 0 spiro atoms. The van der Waals surface area contributed by atoms with Gasteiger partial charge in [-0.3, -0.25) is 9.78 Å². The van der Waals surface area contributed by atoms with Gasteiger partial charge in [-0.25, -0.2) is 0 Å². The van der Waals surface area contributed by atoms with Crippen molar-refractivity contribution in [2.24, 2.45) is 11.8 Å². The number of carbonyl (C=O) groups excluding carboxylic acids is 1. The number of piperidine rings is 1. The Balaban J connectivity index is 1.23. The van der Waals surface area contributed by atoms with Gasteiger partial charge in [0.15, 0.2) is 17.3 Å². The number of methoxy groups -OCH3 is 2. The fourth-order valence-electron chi connectivity index (χ4n) is 5.24. The highest BCUT2D eigenvalue weighted by Crippen LogP contribution is 2.34. The molecule has 1 aromatic carbocycles. The van der Waals surface area contributed by atoms with Gasteiger partial charge < -0.3 is 24.2 Å². The Morgan fingerprint density at radius 3 is 2.74 bits per heavy atom. The number of nitrogens with one attached hydrogen (secondary N) is 1. The first-order valence-corrected chi connectivity index (χ1v) is 12.2. The Labute approximate surface area is 205 Å². The molecule has 1 saturated heterocycles. The lowest BCUT2D eigenvalue weighted by Gasteiger charge is -2.35. The maximum atomic E-state index is 13.3. The number of pyridine rings is 1. The second-order valence-electron chi connectivity index (χ2n) is 9.36. The average Bonchev–Trinajstić information content (AvgIpc) is 3.37. The van der Waals surface area contributed by atoms with Gasteiger partial charge in [-0.05, 0) is 79.6 Å². The summed E-state index contributed by atoms with van der Waals surface area (Å²) in [6, 6.07) is 11.7. The van der Waals surface area contributed by atoms with Crippen molar-refractivity contribution in [1.82, 2.24) is 20.4 Å². The van der Waals surface area contributed by atoms with Crippen LogP contribution in [0.3, 0.4) is 0 Å². The van der Waals surface area contributed by atoms with Crippen LogP contribution < -0.4 is 14.8 Å². The lowest BCUT2D eigenvalue weighted by Crippen LogP contribution is -2.42. The zero-order valence-electron chi connectivity index (χ0n) is 20.3. The Bertz CT molecular complexity index is 1160. The van der Waals surface area contributed by atoms with Crippen LogP contribution in [-0.4, -0.2) is 54.8 Å². The molecular weight excluding hydrogens is 444 g/mol. The molecule has 184 valence electrons. The van der Waals surface area contributed by atoms with Crippen molar-refractivity contribution >= 4 is 5.91 Å². The molecule has 35 heavy (non-hydrogen) atoms. The van der Waals surface area contributed by atoms with E-state index >= 15 is 0 Å². The van der Waals surface area contributed by atoms with Crippen molar-refractivity contribution in [3.63, 3.8) is 0 Å². The van der Waals surface area contributed by atoms with Crippen molar-refractivity contribution in [2.75, 3.05) is 33.9 Å². The van der Waals surface area contributed by atoms with Crippen molar-refractivity contribution in [3.05, 3.63) is 59.4 Å². The summed E-state index contributed by atoms with van der Waals surface area (Å²) in [5.74, 6) is 2.98. The van der Waals surface area contributed by atoms with E-state index in [9.17, 15) is 4.79 Å². The minimum Gasteiger partial charge on any atom is -0.493 e. The number of nitrogens with zero attached hydrogens (tertiary/aromatic N) is 3. The summed E-state index contributed by atoms with van der Waals surface area (Å²) in [5, 5.41) is 7.78. The maximum Gasteiger partial charge on any atom is 0.223 e. The van der Waals surface area contributed by atoms with E-state index in [4.69, 9.17) is 14.0 Å². The second-order valence-corrected chi connectivity index (χ2v) is 9.36. The molecule has 0 radical (unpaired) electrons. The number of fused-ring (bicyclic) bond motifs is 1. The van der Waals surface area contributed by atoms with Gasteiger partial charge in [-0.2, -0.15) is 0 Å². The largest absolute Gasteiger partial charge is 0.493 e. The molecule has 0 unspecified atom stereocenters. The van der Waals surface area contributed by atoms with Gasteiger partial charge in [0, 0.05) is 31.8 Å². The highest BCUT2D eigenvalue weighted by Gasteiger charge is 2.31. The fraction of sp³-hybridized carbons (Fsp3) is 0.444. The molecule has 2 aliphatic rings. The third kappa shape index (κ3) is 5.17. The summed E-state index contributed by atoms with van der Waals surface area (Å²) in [6.45, 7) is 3.16. The number of hydrogen-bond donors (Lipinski definition) is 1. The molecule has 3 aromatic rings. The smallest absolute Gasteiger partial charge is 0.223 e. The van der Waals surface area contributed by atoms with Gasteiger partial charge in [-0.1, -0.05) is 11.2 Å². The summed E-state index contributed by atoms with van der Waals surface area (Å²) in [5.41, 5.74) is 4.04. The van der Waals surface area contributed by atoms with E-state index in [-0.39, 0.29) is 5.91 Å². The number of carbonyl (C=O) groups is 1. The monoisotopic (exact) mass is 476 g/mol. The predicted octanol–water partition coefficient (Wildman–Crippen LogP) is 3.50. The summed E-state index contributed by atoms with van der Waals surface area (Å²) in [4.78, 5) is 19.7.